The van der Waals surface area contributed by atoms with Gasteiger partial charge in [0.15, 0.2) is 12.1 Å². The van der Waals surface area contributed by atoms with Gasteiger partial charge in [0.25, 0.3) is 0 Å². The van der Waals surface area contributed by atoms with E-state index in [4.69, 9.17) is 14.2 Å². The first kappa shape index (κ1) is 61.9. The van der Waals surface area contributed by atoms with Crippen molar-refractivity contribution in [1.29, 1.82) is 0 Å². The SMILES string of the molecule is CC1=C(/C=C/C(C)=C/C=C/C(C)=C/C=C/C=C(C)/C=C/C=C(C)/C=C/C=C(C)/C=C/[C@H](O)C(C)(C)O[C@H]2O[C@@H](COC(=O)CCCCCCCCCCCC(C)C)[C@H](O)[C@@H](O)[C@@H]2O)C(C)(C)CCC1=O. The Labute approximate surface area is 423 Å². The number of aliphatic hydroxyl groups excluding tert-OH is 4. The Kier molecular flexibility index (Phi) is 28.9. The van der Waals surface area contributed by atoms with Crippen molar-refractivity contribution in [2.24, 2.45) is 11.3 Å². The summed E-state index contributed by atoms with van der Waals surface area (Å²) in [6, 6.07) is 0. The molecule has 0 saturated carbocycles. The minimum absolute atomic E-state index is 0.0107. The maximum absolute atomic E-state index is 12.5. The first-order chi connectivity index (χ1) is 33.0. The summed E-state index contributed by atoms with van der Waals surface area (Å²) < 4.78 is 17.2. The average Bonchev–Trinajstić information content (AvgIpc) is 3.29. The molecule has 0 aromatic carbocycles. The number of aliphatic hydroxyl groups is 4. The number of hydrogen-bond acceptors (Lipinski definition) is 9. The molecule has 0 radical (unpaired) electrons. The van der Waals surface area contributed by atoms with Crippen molar-refractivity contribution < 1.29 is 44.2 Å². The predicted molar refractivity (Wildman–Crippen MR) is 289 cm³/mol. The second kappa shape index (κ2) is 32.7. The van der Waals surface area contributed by atoms with Crippen LogP contribution in [0.25, 0.3) is 0 Å². The molecule has 0 spiro atoms. The first-order valence-corrected chi connectivity index (χ1v) is 25.9. The lowest BCUT2D eigenvalue weighted by molar-refractivity contribution is -0.329. The van der Waals surface area contributed by atoms with E-state index in [1.54, 1.807) is 26.0 Å². The minimum Gasteiger partial charge on any atom is -0.463 e. The van der Waals surface area contributed by atoms with Crippen LogP contribution in [0.2, 0.25) is 0 Å². The molecular formula is C61H92O9. The molecule has 1 aliphatic carbocycles. The molecule has 0 aromatic heterocycles. The number of rotatable bonds is 29. The van der Waals surface area contributed by atoms with E-state index < -0.39 is 48.4 Å². The number of unbranched alkanes of at least 4 members (excludes halogenated alkanes) is 8. The summed E-state index contributed by atoms with van der Waals surface area (Å²) in [5, 5.41) is 43.0. The van der Waals surface area contributed by atoms with E-state index in [0.717, 1.165) is 70.6 Å². The molecule has 2 aliphatic rings. The number of allylic oxidation sites excluding steroid dienone is 23. The predicted octanol–water partition coefficient (Wildman–Crippen LogP) is 13.2. The first-order valence-electron chi connectivity index (χ1n) is 25.9. The highest BCUT2D eigenvalue weighted by Gasteiger charge is 2.47. The van der Waals surface area contributed by atoms with Gasteiger partial charge in [0, 0.05) is 12.8 Å². The van der Waals surface area contributed by atoms with Crippen molar-refractivity contribution in [3.8, 4) is 0 Å². The van der Waals surface area contributed by atoms with E-state index >= 15 is 0 Å². The van der Waals surface area contributed by atoms with Crippen LogP contribution in [0.15, 0.2) is 142 Å². The highest BCUT2D eigenvalue weighted by molar-refractivity contribution is 5.97. The van der Waals surface area contributed by atoms with Crippen LogP contribution in [-0.4, -0.2) is 81.2 Å². The number of hydrogen-bond donors (Lipinski definition) is 4. The Morgan fingerprint density at radius 3 is 1.70 bits per heavy atom. The second-order valence-corrected chi connectivity index (χ2v) is 21.0. The third kappa shape index (κ3) is 24.8. The average molecular weight is 969 g/mol. The van der Waals surface area contributed by atoms with Crippen LogP contribution in [0.5, 0.6) is 0 Å². The Morgan fingerprint density at radius 2 is 1.17 bits per heavy atom. The van der Waals surface area contributed by atoms with Crippen molar-refractivity contribution in [2.75, 3.05) is 6.61 Å². The van der Waals surface area contributed by atoms with Gasteiger partial charge in [-0.25, -0.2) is 0 Å². The van der Waals surface area contributed by atoms with Crippen LogP contribution in [0.3, 0.4) is 0 Å². The van der Waals surface area contributed by atoms with Gasteiger partial charge in [-0.15, -0.1) is 0 Å². The molecule has 0 bridgehead atoms. The molecule has 0 amide bonds. The molecule has 70 heavy (non-hydrogen) atoms. The zero-order valence-electron chi connectivity index (χ0n) is 45.1. The molecule has 1 saturated heterocycles. The number of ether oxygens (including phenoxy) is 3. The molecule has 390 valence electrons. The topological polar surface area (TPSA) is 143 Å². The van der Waals surface area contributed by atoms with Crippen molar-refractivity contribution in [2.45, 2.75) is 209 Å². The lowest BCUT2D eigenvalue weighted by atomic mass is 9.72. The second-order valence-electron chi connectivity index (χ2n) is 21.0. The van der Waals surface area contributed by atoms with Gasteiger partial charge >= 0.3 is 5.97 Å². The number of carbonyl (C=O) groups excluding carboxylic acids is 2. The quantitative estimate of drug-likeness (QED) is 0.0327. The fourth-order valence-corrected chi connectivity index (χ4v) is 8.02. The zero-order valence-corrected chi connectivity index (χ0v) is 45.1. The highest BCUT2D eigenvalue weighted by atomic mass is 16.7. The number of carbonyl (C=O) groups is 2. The van der Waals surface area contributed by atoms with Crippen LogP contribution in [0, 0.1) is 11.3 Å². The van der Waals surface area contributed by atoms with Crippen molar-refractivity contribution in [3.63, 3.8) is 0 Å². The summed E-state index contributed by atoms with van der Waals surface area (Å²) >= 11 is 0. The number of ketones is 1. The van der Waals surface area contributed by atoms with E-state index in [-0.39, 0.29) is 24.2 Å². The summed E-state index contributed by atoms with van der Waals surface area (Å²) in [4.78, 5) is 24.7. The summed E-state index contributed by atoms with van der Waals surface area (Å²) in [7, 11) is 0. The van der Waals surface area contributed by atoms with E-state index in [1.165, 1.54) is 38.5 Å². The van der Waals surface area contributed by atoms with Gasteiger partial charge in [-0.3, -0.25) is 9.59 Å². The largest absolute Gasteiger partial charge is 0.463 e. The fraction of sp³-hybridized carbons (Fsp3) is 0.574. The summed E-state index contributed by atoms with van der Waals surface area (Å²) in [6.45, 7) is 24.0. The van der Waals surface area contributed by atoms with Gasteiger partial charge in [-0.1, -0.05) is 217 Å². The van der Waals surface area contributed by atoms with Gasteiger partial charge in [0.1, 0.15) is 37.1 Å². The fourth-order valence-electron chi connectivity index (χ4n) is 8.02. The smallest absolute Gasteiger partial charge is 0.305 e. The molecule has 4 N–H and O–H groups in total. The van der Waals surface area contributed by atoms with E-state index in [9.17, 15) is 30.0 Å². The molecule has 9 heteroatoms. The zero-order chi connectivity index (χ0) is 52.3. The van der Waals surface area contributed by atoms with Crippen molar-refractivity contribution in [3.05, 3.63) is 142 Å². The minimum atomic E-state index is -1.61. The Hall–Kier alpha value is -4.22. The molecule has 1 fully saturated rings. The Balaban J connectivity index is 1.80. The molecule has 6 atom stereocenters. The van der Waals surface area contributed by atoms with Crippen LogP contribution < -0.4 is 0 Å². The molecule has 1 aliphatic heterocycles. The van der Waals surface area contributed by atoms with Crippen molar-refractivity contribution >= 4 is 11.8 Å². The molecule has 0 unspecified atom stereocenters. The highest BCUT2D eigenvalue weighted by Crippen LogP contribution is 2.39. The Bertz CT molecular complexity index is 2010. The van der Waals surface area contributed by atoms with Crippen LogP contribution in [0.4, 0.5) is 0 Å². The van der Waals surface area contributed by atoms with E-state index in [0.29, 0.717) is 12.8 Å². The van der Waals surface area contributed by atoms with E-state index in [1.807, 2.05) is 82.4 Å². The standard InChI is InChI=1S/C61H92O9/c1-44(2)27-20-18-16-14-13-15-17-19-21-36-55(64)68-43-53-56(65)57(66)58(67)59(69-53)70-61(11,12)54(63)40-38-49(7)35-26-33-47(5)32-24-30-45(3)28-22-23-29-46(4)31-25-34-48(6)37-39-51-50(8)52(62)41-42-60(51,9)10/h22-26,28-35,37-40,44,53-54,56-59,63,65-67H,13-21,27,36,41-43H2,1-12H3/b23-22+,30-24+,31-25+,33-26+,39-37+,40-38+,45-28+,46-29+,47-32+,48-34+,49-35+/t53-,54-,56-,57+,58-,59+/m0/s1. The molecule has 0 aromatic rings. The maximum atomic E-state index is 12.5. The van der Waals surface area contributed by atoms with Gasteiger partial charge in [-0.2, -0.15) is 0 Å². The van der Waals surface area contributed by atoms with Gasteiger partial charge < -0.3 is 34.6 Å². The third-order valence-corrected chi connectivity index (χ3v) is 12.9. The van der Waals surface area contributed by atoms with Crippen LogP contribution >= 0.6 is 0 Å². The lowest BCUT2D eigenvalue weighted by Gasteiger charge is -2.43. The summed E-state index contributed by atoms with van der Waals surface area (Å²) in [5.41, 5.74) is 6.05. The maximum Gasteiger partial charge on any atom is 0.305 e. The van der Waals surface area contributed by atoms with Crippen LogP contribution in [0.1, 0.15) is 167 Å². The Morgan fingerprint density at radius 1 is 0.700 bits per heavy atom. The van der Waals surface area contributed by atoms with Crippen molar-refractivity contribution in [1.82, 2.24) is 0 Å². The van der Waals surface area contributed by atoms with Gasteiger partial charge in [0.05, 0.1) is 5.60 Å². The van der Waals surface area contributed by atoms with Crippen LogP contribution in [-0.2, 0) is 23.8 Å². The van der Waals surface area contributed by atoms with E-state index in [2.05, 4.69) is 78.0 Å². The third-order valence-electron chi connectivity index (χ3n) is 12.9. The number of Topliss-reactive ketones (excluding diaryl/α,β-unsaturated/α-hetero) is 1. The molecule has 9 nitrogen and oxygen atoms in total. The summed E-state index contributed by atoms with van der Waals surface area (Å²) in [6.07, 6.45) is 38.9. The van der Waals surface area contributed by atoms with Gasteiger partial charge in [0.2, 0.25) is 0 Å². The molecule has 1 heterocycles. The molecule has 2 rings (SSSR count). The monoisotopic (exact) mass is 969 g/mol. The number of esters is 1. The normalized spacial score (nSPS) is 23.3. The summed E-state index contributed by atoms with van der Waals surface area (Å²) in [5.74, 6) is 0.618. The lowest BCUT2D eigenvalue weighted by Crippen LogP contribution is -2.61. The molecular weight excluding hydrogens is 877 g/mol. The van der Waals surface area contributed by atoms with Gasteiger partial charge in [-0.05, 0) is 90.7 Å².